The number of hydrogen-bond acceptors (Lipinski definition) is 10. The Kier molecular flexibility index (Phi) is 22.8. The average molecular weight is 1600 g/mol. The molecule has 4 aliphatic rings. The Bertz CT molecular complexity index is 4750. The van der Waals surface area contributed by atoms with Crippen LogP contribution in [0.2, 0.25) is 0 Å². The fourth-order valence-electron chi connectivity index (χ4n) is 21.2. The first-order valence-electron chi connectivity index (χ1n) is 43.5. The van der Waals surface area contributed by atoms with Gasteiger partial charge >= 0.3 is 0 Å². The van der Waals surface area contributed by atoms with Crippen LogP contribution in [-0.4, -0.2) is 68.4 Å². The normalized spacial score (nSPS) is 16.5. The number of amides is 6. The maximum atomic E-state index is 16.9. The van der Waals surface area contributed by atoms with Gasteiger partial charge in [0.15, 0.2) is 0 Å². The standard InChI is InChI=1S/C104H132N4O10/c1-95(2,3)57-101(19,20)63-35-43-67(44-36-63)115-77-53-71-81-72(92(112)107(91(71)111)75(51-61-31-27-28-32-61)89(109)105-99(13,14)15)55-79(117-69-47-39-65(40-48-69)103(23,24)59-97(7,8)9)85-86-80(118-70-49-41-66(42-50-70)104(25,26)60-98(10,11)12)56-74-82-73(93(113)108(94(74)114)76(52-62-33-29-30-34-62)90(110)106-100(16,17)18)54-78(84(88(82)86)83(77)87(81)85)116-68-45-37-64(38-46-68)102(21,22)58-96(4,5)6/h35-50,53-56,61-62,75-76H,27-34,51-52,57-60H2,1-26H3,(H,105,109)(H,106,110). The van der Waals surface area contributed by atoms with Crippen molar-refractivity contribution in [2.75, 3.05) is 0 Å². The van der Waals surface area contributed by atoms with Crippen molar-refractivity contribution in [1.29, 1.82) is 0 Å². The number of fused-ring (bicyclic) bond motifs is 2. The summed E-state index contributed by atoms with van der Waals surface area (Å²) in [7, 11) is 0. The van der Waals surface area contributed by atoms with E-state index >= 15 is 28.8 Å². The molecule has 2 saturated carbocycles. The number of carbonyl (C=O) groups excluding carboxylic acids is 6. The third-order valence-corrected chi connectivity index (χ3v) is 24.6. The minimum atomic E-state index is -1.22. The fraction of sp³-hybridized carbons (Fsp3) is 0.519. The summed E-state index contributed by atoms with van der Waals surface area (Å²) >= 11 is 0. The molecule has 2 N–H and O–H groups in total. The van der Waals surface area contributed by atoms with E-state index in [4.69, 9.17) is 18.9 Å². The second kappa shape index (κ2) is 31.1. The monoisotopic (exact) mass is 1600 g/mol. The molecule has 2 heterocycles. The van der Waals surface area contributed by atoms with Crippen molar-refractivity contribution in [3.05, 3.63) is 166 Å². The first-order chi connectivity index (χ1) is 54.6. The highest BCUT2D eigenvalue weighted by atomic mass is 16.5. The molecule has 628 valence electrons. The lowest BCUT2D eigenvalue weighted by Crippen LogP contribution is -2.57. The molecule has 13 rings (SSSR count). The zero-order valence-corrected chi connectivity index (χ0v) is 75.7. The molecule has 2 aliphatic heterocycles. The van der Waals surface area contributed by atoms with Gasteiger partial charge in [0.1, 0.15) is 58.1 Å². The molecule has 118 heavy (non-hydrogen) atoms. The van der Waals surface area contributed by atoms with Gasteiger partial charge in [-0.05, 0) is 230 Å². The maximum Gasteiger partial charge on any atom is 0.262 e. The lowest BCUT2D eigenvalue weighted by atomic mass is 9.72. The van der Waals surface area contributed by atoms with Crippen molar-refractivity contribution in [3.8, 4) is 46.0 Å². The van der Waals surface area contributed by atoms with E-state index in [9.17, 15) is 0 Å². The van der Waals surface area contributed by atoms with Crippen LogP contribution < -0.4 is 29.6 Å². The highest BCUT2D eigenvalue weighted by Crippen LogP contribution is 2.59. The molecule has 2 fully saturated rings. The second-order valence-corrected chi connectivity index (χ2v) is 44.9. The molecule has 14 heteroatoms. The summed E-state index contributed by atoms with van der Waals surface area (Å²) in [5.41, 5.74) is 2.26. The van der Waals surface area contributed by atoms with Crippen LogP contribution in [0.25, 0.3) is 43.1 Å². The van der Waals surface area contributed by atoms with Crippen molar-refractivity contribution >= 4 is 78.5 Å². The molecule has 9 aromatic carbocycles. The van der Waals surface area contributed by atoms with Gasteiger partial charge in [-0.15, -0.1) is 0 Å². The zero-order chi connectivity index (χ0) is 86.1. The van der Waals surface area contributed by atoms with E-state index < -0.39 is 58.6 Å². The first-order valence-corrected chi connectivity index (χ1v) is 43.5. The SMILES string of the molecule is CC(C)(C)CC(C)(C)c1ccc(Oc2cc3c4c(cc(Oc5ccc(C(C)(C)CC(C)(C)C)cc5)c5c6c(Oc7ccc(C(C)(C)CC(C)(C)C)cc7)cc7c8c(cc(Oc9ccc(C(C)(C)CC(C)(C)C)cc9)c(c2c45)c86)C(=O)N(C(CC2CCCC2)C(=O)NC(C)(C)C)C7=O)C(=O)N(C(CC2CCCC2)C(=O)NC(C)(C)C)C3=O)cc1. The largest absolute Gasteiger partial charge is 0.457 e. The number of imide groups is 2. The Hall–Kier alpha value is -9.30. The summed E-state index contributed by atoms with van der Waals surface area (Å²) in [6.07, 6.45) is 11.3. The number of hydrogen-bond donors (Lipinski definition) is 2. The van der Waals surface area contributed by atoms with Crippen LogP contribution in [0.15, 0.2) is 121 Å². The van der Waals surface area contributed by atoms with E-state index in [-0.39, 0.29) is 124 Å². The third-order valence-electron chi connectivity index (χ3n) is 24.6. The van der Waals surface area contributed by atoms with Crippen molar-refractivity contribution in [2.45, 2.75) is 315 Å². The summed E-state index contributed by atoms with van der Waals surface area (Å²) in [4.78, 5) is 101. The predicted molar refractivity (Wildman–Crippen MR) is 480 cm³/mol. The van der Waals surface area contributed by atoms with E-state index in [1.165, 1.54) is 9.80 Å². The summed E-state index contributed by atoms with van der Waals surface area (Å²) in [5, 5.41) is 9.17. The minimum Gasteiger partial charge on any atom is -0.457 e. The van der Waals surface area contributed by atoms with Gasteiger partial charge in [-0.25, -0.2) is 0 Å². The van der Waals surface area contributed by atoms with Gasteiger partial charge in [0, 0.05) is 54.2 Å². The molecular formula is C104H132N4O10. The second-order valence-electron chi connectivity index (χ2n) is 44.9. The zero-order valence-electron chi connectivity index (χ0n) is 75.7. The molecule has 2 atom stereocenters. The van der Waals surface area contributed by atoms with Crippen LogP contribution in [0.3, 0.4) is 0 Å². The summed E-state index contributed by atoms with van der Waals surface area (Å²) in [6, 6.07) is 36.7. The van der Waals surface area contributed by atoms with Crippen molar-refractivity contribution in [2.24, 2.45) is 33.5 Å². The molecule has 0 bridgehead atoms. The van der Waals surface area contributed by atoms with E-state index in [1.807, 2.05) is 90.1 Å². The molecule has 0 spiro atoms. The van der Waals surface area contributed by atoms with Gasteiger partial charge in [-0.3, -0.25) is 38.6 Å². The van der Waals surface area contributed by atoms with Gasteiger partial charge in [0.25, 0.3) is 23.6 Å². The van der Waals surface area contributed by atoms with Crippen molar-refractivity contribution < 1.29 is 47.7 Å². The Morgan fingerprint density at radius 1 is 0.314 bits per heavy atom. The predicted octanol–water partition coefficient (Wildman–Crippen LogP) is 26.7. The molecule has 2 unspecified atom stereocenters. The first kappa shape index (κ1) is 86.5. The lowest BCUT2D eigenvalue weighted by molar-refractivity contribution is -0.127. The van der Waals surface area contributed by atoms with E-state index in [1.54, 1.807) is 24.3 Å². The smallest absolute Gasteiger partial charge is 0.262 e. The number of ether oxygens (including phenoxy) is 4. The number of nitrogens with one attached hydrogen (secondary N) is 2. The number of nitrogens with zero attached hydrogens (tertiary/aromatic N) is 2. The van der Waals surface area contributed by atoms with Gasteiger partial charge < -0.3 is 29.6 Å². The van der Waals surface area contributed by atoms with Crippen LogP contribution in [0.4, 0.5) is 0 Å². The summed E-state index contributed by atoms with van der Waals surface area (Å²) in [6.45, 7) is 56.3. The van der Waals surface area contributed by atoms with Crippen molar-refractivity contribution in [3.63, 3.8) is 0 Å². The molecule has 9 aromatic rings. The summed E-state index contributed by atoms with van der Waals surface area (Å²) in [5.74, 6) is -1.12. The van der Waals surface area contributed by atoms with E-state index in [2.05, 4.69) is 198 Å². The maximum absolute atomic E-state index is 16.9. The number of benzene rings is 9. The molecule has 14 nitrogen and oxygen atoms in total. The van der Waals surface area contributed by atoms with Crippen molar-refractivity contribution in [1.82, 2.24) is 20.4 Å². The van der Waals surface area contributed by atoms with E-state index in [0.717, 1.165) is 99.3 Å². The Balaban J connectivity index is 1.21. The fourth-order valence-corrected chi connectivity index (χ4v) is 21.2. The van der Waals surface area contributed by atoms with Crippen LogP contribution in [0.1, 0.15) is 334 Å². The molecule has 2 aliphatic carbocycles. The minimum absolute atomic E-state index is 0.00286. The van der Waals surface area contributed by atoms with Crippen LogP contribution in [0, 0.1) is 33.5 Å². The van der Waals surface area contributed by atoms with Gasteiger partial charge in [-0.2, -0.15) is 0 Å². The molecule has 0 saturated heterocycles. The molecule has 6 amide bonds. The highest BCUT2D eigenvalue weighted by molar-refractivity contribution is 6.45. The quantitative estimate of drug-likeness (QED) is 0.0337. The average Bonchev–Trinajstić information content (AvgIpc) is 1.38. The number of rotatable bonds is 24. The van der Waals surface area contributed by atoms with Gasteiger partial charge in [-0.1, -0.05) is 238 Å². The lowest BCUT2D eigenvalue weighted by Gasteiger charge is -2.37. The highest BCUT2D eigenvalue weighted by Gasteiger charge is 2.49. The number of carbonyl (C=O) groups is 6. The Morgan fingerprint density at radius 3 is 0.703 bits per heavy atom. The molecular weight excluding hydrogens is 1470 g/mol. The third kappa shape index (κ3) is 18.4. The van der Waals surface area contributed by atoms with Gasteiger partial charge in [0.05, 0.1) is 22.3 Å². The Morgan fingerprint density at radius 2 is 0.517 bits per heavy atom. The Labute approximate surface area is 702 Å². The van der Waals surface area contributed by atoms with Crippen LogP contribution >= 0.6 is 0 Å². The summed E-state index contributed by atoms with van der Waals surface area (Å²) < 4.78 is 30.5. The van der Waals surface area contributed by atoms with Gasteiger partial charge in [0.2, 0.25) is 11.8 Å². The molecule has 0 aromatic heterocycles. The van der Waals surface area contributed by atoms with Crippen LogP contribution in [0.5, 0.6) is 46.0 Å². The van der Waals surface area contributed by atoms with E-state index in [0.29, 0.717) is 55.3 Å². The van der Waals surface area contributed by atoms with Crippen LogP contribution in [-0.2, 0) is 31.2 Å². The topological polar surface area (TPSA) is 170 Å². The molecule has 0 radical (unpaired) electrons.